The maximum Gasteiger partial charge on any atom is 0.264 e. The van der Waals surface area contributed by atoms with E-state index in [-0.39, 0.29) is 29.1 Å². The summed E-state index contributed by atoms with van der Waals surface area (Å²) in [6, 6.07) is 26.5. The zero-order chi connectivity index (χ0) is 34.2. The topological polar surface area (TPSA) is 96.0 Å². The number of halogens is 2. The van der Waals surface area contributed by atoms with E-state index in [0.29, 0.717) is 16.8 Å². The maximum atomic E-state index is 15.1. The van der Waals surface area contributed by atoms with E-state index in [1.807, 2.05) is 58.0 Å². The van der Waals surface area contributed by atoms with Crippen LogP contribution in [0.25, 0.3) is 0 Å². The van der Waals surface area contributed by atoms with Crippen molar-refractivity contribution in [2.24, 2.45) is 0 Å². The molecule has 1 N–H and O–H groups in total. The summed E-state index contributed by atoms with van der Waals surface area (Å²) < 4.78 is 50.7. The number of nitrogens with zero attached hydrogens (tertiary/aromatic N) is 2. The highest BCUT2D eigenvalue weighted by Crippen LogP contribution is 2.28. The third kappa shape index (κ3) is 9.65. The Morgan fingerprint density at radius 2 is 1.51 bits per heavy atom. The average molecular weight is 725 g/mol. The second-order valence-electron chi connectivity index (χ2n) is 12.0. The Hall–Kier alpha value is -4.22. The number of rotatable bonds is 13. The summed E-state index contributed by atoms with van der Waals surface area (Å²) in [7, 11) is -4.29. The van der Waals surface area contributed by atoms with Crippen LogP contribution in [0.4, 0.5) is 10.1 Å². The molecule has 0 saturated heterocycles. The quantitative estimate of drug-likeness (QED) is 0.165. The number of carbonyl (C=O) groups excluding carboxylic acids is 2. The van der Waals surface area contributed by atoms with Crippen LogP contribution >= 0.6 is 15.9 Å². The van der Waals surface area contributed by atoms with Crippen LogP contribution in [0.1, 0.15) is 38.8 Å². The van der Waals surface area contributed by atoms with E-state index in [1.165, 1.54) is 29.2 Å². The van der Waals surface area contributed by atoms with Gasteiger partial charge >= 0.3 is 0 Å². The van der Waals surface area contributed by atoms with Crippen molar-refractivity contribution >= 4 is 43.5 Å². The fourth-order valence-corrected chi connectivity index (χ4v) is 6.63. The summed E-state index contributed by atoms with van der Waals surface area (Å²) in [5, 5.41) is 2.96. The molecule has 2 amide bonds. The lowest BCUT2D eigenvalue weighted by atomic mass is 10.0. The number of nitrogens with one attached hydrogen (secondary N) is 1. The number of amides is 2. The molecule has 4 rings (SSSR count). The SMILES string of the molecule is CCOc1ccc(N(CC(=O)N(Cc2ccccc2F)[C@H](Cc2ccccc2)C(=O)NC(C)(C)C)S(=O)(=O)c2ccc(Br)cc2)cc1. The van der Waals surface area contributed by atoms with Crippen LogP contribution < -0.4 is 14.4 Å². The molecule has 0 saturated carbocycles. The second kappa shape index (κ2) is 15.6. The van der Waals surface area contributed by atoms with Crippen molar-refractivity contribution in [3.8, 4) is 5.75 Å². The molecule has 0 bridgehead atoms. The zero-order valence-corrected chi connectivity index (χ0v) is 29.2. The average Bonchev–Trinajstić information content (AvgIpc) is 3.02. The Morgan fingerprint density at radius 3 is 2.11 bits per heavy atom. The predicted molar refractivity (Wildman–Crippen MR) is 185 cm³/mol. The monoisotopic (exact) mass is 723 g/mol. The van der Waals surface area contributed by atoms with Gasteiger partial charge in [0.25, 0.3) is 10.0 Å². The van der Waals surface area contributed by atoms with E-state index < -0.39 is 45.8 Å². The third-order valence-electron chi connectivity index (χ3n) is 7.18. The van der Waals surface area contributed by atoms with E-state index in [0.717, 1.165) is 9.87 Å². The van der Waals surface area contributed by atoms with E-state index in [2.05, 4.69) is 21.2 Å². The molecular formula is C36H39BrFN3O5S. The van der Waals surface area contributed by atoms with Gasteiger partial charge in [0.2, 0.25) is 11.8 Å². The lowest BCUT2D eigenvalue weighted by Crippen LogP contribution is -2.56. The summed E-state index contributed by atoms with van der Waals surface area (Å²) in [5.41, 5.74) is 0.539. The lowest BCUT2D eigenvalue weighted by molar-refractivity contribution is -0.140. The van der Waals surface area contributed by atoms with Gasteiger partial charge in [0.1, 0.15) is 24.2 Å². The van der Waals surface area contributed by atoms with Gasteiger partial charge < -0.3 is 15.0 Å². The van der Waals surface area contributed by atoms with Gasteiger partial charge in [-0.25, -0.2) is 12.8 Å². The molecule has 47 heavy (non-hydrogen) atoms. The summed E-state index contributed by atoms with van der Waals surface area (Å²) >= 11 is 3.34. The molecule has 0 spiro atoms. The Bertz CT molecular complexity index is 1760. The first kappa shape index (κ1) is 35.6. The number of sulfonamides is 1. The van der Waals surface area contributed by atoms with Crippen LogP contribution in [-0.2, 0) is 32.6 Å². The molecular weight excluding hydrogens is 685 g/mol. The molecule has 1 atom stereocenters. The molecule has 0 aromatic heterocycles. The predicted octanol–water partition coefficient (Wildman–Crippen LogP) is 6.74. The smallest absolute Gasteiger partial charge is 0.264 e. The van der Waals surface area contributed by atoms with Gasteiger partial charge in [-0.15, -0.1) is 0 Å². The molecule has 0 heterocycles. The number of hydrogen-bond acceptors (Lipinski definition) is 5. The van der Waals surface area contributed by atoms with Crippen LogP contribution in [0.5, 0.6) is 5.75 Å². The molecule has 4 aromatic rings. The molecule has 8 nitrogen and oxygen atoms in total. The minimum Gasteiger partial charge on any atom is -0.494 e. The van der Waals surface area contributed by atoms with E-state index in [1.54, 1.807) is 48.5 Å². The van der Waals surface area contributed by atoms with E-state index >= 15 is 4.39 Å². The summed E-state index contributed by atoms with van der Waals surface area (Å²) in [4.78, 5) is 29.7. The fourth-order valence-electron chi connectivity index (χ4n) is 4.95. The fraction of sp³-hybridized carbons (Fsp3) is 0.278. The minimum atomic E-state index is -4.29. The molecule has 0 radical (unpaired) electrons. The zero-order valence-electron chi connectivity index (χ0n) is 26.8. The van der Waals surface area contributed by atoms with Crippen molar-refractivity contribution in [1.82, 2.24) is 10.2 Å². The standard InChI is InChI=1S/C36H39BrFN3O5S/c1-5-46-30-19-17-29(18-20-30)41(47(44,45)31-21-15-28(37)16-22-31)25-34(42)40(24-27-13-9-10-14-32(27)38)33(35(43)39-36(2,3)4)23-26-11-7-6-8-12-26/h6-22,33H,5,23-25H2,1-4H3,(H,39,43)/t33-/m1/s1. The van der Waals surface area contributed by atoms with Gasteiger partial charge in [-0.3, -0.25) is 13.9 Å². The van der Waals surface area contributed by atoms with Crippen LogP contribution in [-0.4, -0.2) is 49.9 Å². The Morgan fingerprint density at radius 1 is 0.894 bits per heavy atom. The molecule has 0 aliphatic heterocycles. The van der Waals surface area contributed by atoms with Crippen molar-refractivity contribution in [2.75, 3.05) is 17.5 Å². The number of carbonyl (C=O) groups is 2. The molecule has 0 aliphatic rings. The van der Waals surface area contributed by atoms with Gasteiger partial charge in [0, 0.05) is 28.5 Å². The van der Waals surface area contributed by atoms with Crippen molar-refractivity contribution in [1.29, 1.82) is 0 Å². The van der Waals surface area contributed by atoms with Crippen LogP contribution in [0.3, 0.4) is 0 Å². The number of benzene rings is 4. The van der Waals surface area contributed by atoms with Gasteiger partial charge in [-0.2, -0.15) is 0 Å². The summed E-state index contributed by atoms with van der Waals surface area (Å²) in [5.74, 6) is -1.15. The molecule has 0 unspecified atom stereocenters. The van der Waals surface area contributed by atoms with Crippen molar-refractivity contribution in [3.63, 3.8) is 0 Å². The van der Waals surface area contributed by atoms with Crippen LogP contribution in [0, 0.1) is 5.82 Å². The van der Waals surface area contributed by atoms with Gasteiger partial charge in [0.05, 0.1) is 17.2 Å². The van der Waals surface area contributed by atoms with Gasteiger partial charge in [-0.1, -0.05) is 64.5 Å². The normalized spacial score (nSPS) is 12.2. The maximum absolute atomic E-state index is 15.1. The number of hydrogen-bond donors (Lipinski definition) is 1. The highest BCUT2D eigenvalue weighted by atomic mass is 79.9. The van der Waals surface area contributed by atoms with E-state index in [9.17, 15) is 18.0 Å². The summed E-state index contributed by atoms with van der Waals surface area (Å²) in [6.07, 6.45) is 0.117. The molecule has 11 heteroatoms. The third-order valence-corrected chi connectivity index (χ3v) is 9.50. The first-order chi connectivity index (χ1) is 22.3. The van der Waals surface area contributed by atoms with Crippen molar-refractivity contribution in [3.05, 3.63) is 125 Å². The van der Waals surface area contributed by atoms with Crippen LogP contribution in [0.15, 0.2) is 112 Å². The Labute approximate surface area is 284 Å². The van der Waals surface area contributed by atoms with Gasteiger partial charge in [0.15, 0.2) is 0 Å². The second-order valence-corrected chi connectivity index (χ2v) is 14.7. The molecule has 248 valence electrons. The van der Waals surface area contributed by atoms with Crippen molar-refractivity contribution in [2.45, 2.75) is 57.1 Å². The highest BCUT2D eigenvalue weighted by molar-refractivity contribution is 9.10. The number of ether oxygens (including phenoxy) is 1. The molecule has 4 aromatic carbocycles. The Balaban J connectivity index is 1.82. The Kier molecular flexibility index (Phi) is 11.8. The van der Waals surface area contributed by atoms with Crippen LogP contribution in [0.2, 0.25) is 0 Å². The first-order valence-corrected chi connectivity index (χ1v) is 17.4. The lowest BCUT2D eigenvalue weighted by Gasteiger charge is -2.35. The number of anilines is 1. The summed E-state index contributed by atoms with van der Waals surface area (Å²) in [6.45, 7) is 6.81. The molecule has 0 fully saturated rings. The molecule has 0 aliphatic carbocycles. The first-order valence-electron chi connectivity index (χ1n) is 15.2. The highest BCUT2D eigenvalue weighted by Gasteiger charge is 2.36. The minimum absolute atomic E-state index is 0.0330. The van der Waals surface area contributed by atoms with E-state index in [4.69, 9.17) is 4.74 Å². The van der Waals surface area contributed by atoms with Gasteiger partial charge in [-0.05, 0) is 87.9 Å². The van der Waals surface area contributed by atoms with Crippen molar-refractivity contribution < 1.29 is 27.1 Å². The largest absolute Gasteiger partial charge is 0.494 e.